The maximum Gasteiger partial charge on any atom is 0.294 e. The van der Waals surface area contributed by atoms with Crippen molar-refractivity contribution in [3.8, 4) is 0 Å². The number of primary sulfonamides is 1. The van der Waals surface area contributed by atoms with Crippen LogP contribution in [-0.2, 0) is 20.1 Å². The Balaban J connectivity index is 3.06. The summed E-state index contributed by atoms with van der Waals surface area (Å²) in [6.45, 7) is 0. The van der Waals surface area contributed by atoms with Crippen molar-refractivity contribution in [2.45, 2.75) is 14.7 Å². The number of sulfonamides is 1. The van der Waals surface area contributed by atoms with Crippen LogP contribution in [0, 0.1) is 0 Å². The van der Waals surface area contributed by atoms with E-state index in [0.717, 1.165) is 12.1 Å². The highest BCUT2D eigenvalue weighted by molar-refractivity contribution is 7.89. The van der Waals surface area contributed by atoms with Gasteiger partial charge >= 0.3 is 0 Å². The van der Waals surface area contributed by atoms with Crippen LogP contribution in [0.25, 0.3) is 10.8 Å². The summed E-state index contributed by atoms with van der Waals surface area (Å²) in [4.78, 5) is -0.710. The largest absolute Gasteiger partial charge is 0.294 e. The molecule has 1 radical (unpaired) electrons. The lowest BCUT2D eigenvalue weighted by Crippen LogP contribution is -2.14. The van der Waals surface area contributed by atoms with Gasteiger partial charge in [0.15, 0.2) is 0 Å². The van der Waals surface area contributed by atoms with E-state index in [2.05, 4.69) is 0 Å². The Bertz CT molecular complexity index is 871. The predicted octanol–water partition coefficient (Wildman–Crippen LogP) is 1.29. The Morgan fingerprint density at radius 1 is 1.05 bits per heavy atom. The maximum absolute atomic E-state index is 11.5. The molecule has 9 heteroatoms. The third kappa shape index (κ3) is 2.69. The first kappa shape index (κ1) is 14.2. The number of hydrogen-bond acceptors (Lipinski definition) is 4. The second-order valence-corrected chi connectivity index (χ2v) is 7.18. The van der Waals surface area contributed by atoms with E-state index in [4.69, 9.17) is 22.3 Å². The zero-order valence-corrected chi connectivity index (χ0v) is 11.7. The van der Waals surface area contributed by atoms with E-state index in [9.17, 15) is 16.8 Å². The van der Waals surface area contributed by atoms with E-state index in [-0.39, 0.29) is 15.7 Å². The molecule has 0 atom stereocenters. The summed E-state index contributed by atoms with van der Waals surface area (Å²) in [5.74, 6) is 0. The zero-order chi connectivity index (χ0) is 14.4. The lowest BCUT2D eigenvalue weighted by atomic mass is 10.1. The van der Waals surface area contributed by atoms with Gasteiger partial charge in [-0.15, -0.1) is 0 Å². The van der Waals surface area contributed by atoms with Crippen LogP contribution in [-0.4, -0.2) is 21.4 Å². The van der Waals surface area contributed by atoms with Crippen LogP contribution in [0.4, 0.5) is 0 Å². The topological polar surface area (TPSA) is 115 Å². The van der Waals surface area contributed by atoms with E-state index in [1.54, 1.807) is 0 Å². The van der Waals surface area contributed by atoms with Crippen molar-refractivity contribution in [2.75, 3.05) is 0 Å². The Morgan fingerprint density at radius 2 is 1.68 bits per heavy atom. The predicted molar refractivity (Wildman–Crippen MR) is 71.0 cm³/mol. The molecule has 0 unspecified atom stereocenters. The summed E-state index contributed by atoms with van der Waals surface area (Å²) >= 11 is 5.01. The maximum atomic E-state index is 11.5. The standard InChI is InChI=1S/C10H8NO5S3/c11-18(12,13)10-5-6(19(14,15)16)4-8-7(10)2-1-3-9(8)17/h1-5H,(H2,11,12,13)(H,14,15,16). The molecule has 0 aliphatic heterocycles. The normalized spacial score (nSPS) is 12.7. The lowest BCUT2D eigenvalue weighted by molar-refractivity contribution is 0.483. The number of nitrogens with two attached hydrogens (primary N) is 1. The monoisotopic (exact) mass is 318 g/mol. The minimum absolute atomic E-state index is 0.211. The van der Waals surface area contributed by atoms with Gasteiger partial charge in [0.25, 0.3) is 10.1 Å². The highest BCUT2D eigenvalue weighted by atomic mass is 32.2. The number of rotatable bonds is 2. The molecule has 2 aromatic rings. The molecule has 101 valence electrons. The SMILES string of the molecule is NS(=O)(=O)c1cc(S(=O)(=O)O)cc2c([S])cccc12. The summed E-state index contributed by atoms with van der Waals surface area (Å²) in [6, 6.07) is 6.42. The van der Waals surface area contributed by atoms with Crippen molar-refractivity contribution in [3.63, 3.8) is 0 Å². The molecule has 2 rings (SSSR count). The third-order valence-corrected chi connectivity index (χ3v) is 4.63. The molecule has 0 aliphatic rings. The average Bonchev–Trinajstić information content (AvgIpc) is 2.25. The molecule has 19 heavy (non-hydrogen) atoms. The van der Waals surface area contributed by atoms with E-state index in [1.165, 1.54) is 18.2 Å². The van der Waals surface area contributed by atoms with E-state index in [1.807, 2.05) is 0 Å². The molecule has 3 N–H and O–H groups in total. The molecule has 0 saturated heterocycles. The third-order valence-electron chi connectivity index (χ3n) is 2.50. The van der Waals surface area contributed by atoms with Gasteiger partial charge in [-0.25, -0.2) is 13.6 Å². The molecule has 0 amide bonds. The number of benzene rings is 2. The Hall–Kier alpha value is -1.26. The van der Waals surface area contributed by atoms with E-state index in [0.29, 0.717) is 0 Å². The van der Waals surface area contributed by atoms with E-state index < -0.39 is 29.9 Å². The molecule has 0 aromatic heterocycles. The van der Waals surface area contributed by atoms with Gasteiger partial charge in [-0.2, -0.15) is 8.42 Å². The summed E-state index contributed by atoms with van der Waals surface area (Å²) in [5.41, 5.74) is 0. The quantitative estimate of drug-likeness (QED) is 0.810. The van der Waals surface area contributed by atoms with Crippen LogP contribution in [0.5, 0.6) is 0 Å². The number of fused-ring (bicyclic) bond motifs is 1. The minimum Gasteiger partial charge on any atom is -0.282 e. The van der Waals surface area contributed by atoms with Gasteiger partial charge in [-0.1, -0.05) is 24.8 Å². The van der Waals surface area contributed by atoms with Crippen LogP contribution < -0.4 is 5.14 Å². The first-order chi connectivity index (χ1) is 8.60. The fourth-order valence-electron chi connectivity index (χ4n) is 1.68. The van der Waals surface area contributed by atoms with Crippen LogP contribution >= 0.6 is 12.6 Å². The molecule has 2 aromatic carbocycles. The van der Waals surface area contributed by atoms with Gasteiger partial charge in [-0.3, -0.25) is 4.55 Å². The van der Waals surface area contributed by atoms with Crippen molar-refractivity contribution < 1.29 is 21.4 Å². The van der Waals surface area contributed by atoms with Gasteiger partial charge in [0.2, 0.25) is 10.0 Å². The minimum atomic E-state index is -4.56. The van der Waals surface area contributed by atoms with Gasteiger partial charge < -0.3 is 0 Å². The molecule has 6 nitrogen and oxygen atoms in total. The fourth-order valence-corrected chi connectivity index (χ4v) is 3.31. The Morgan fingerprint density at radius 3 is 2.21 bits per heavy atom. The second-order valence-electron chi connectivity index (χ2n) is 3.79. The first-order valence-corrected chi connectivity index (χ1v) is 8.24. The molecule has 0 saturated carbocycles. The van der Waals surface area contributed by atoms with Gasteiger partial charge in [-0.05, 0) is 18.2 Å². The zero-order valence-electron chi connectivity index (χ0n) is 9.27. The smallest absolute Gasteiger partial charge is 0.282 e. The van der Waals surface area contributed by atoms with Crippen LogP contribution in [0.1, 0.15) is 0 Å². The molecular weight excluding hydrogens is 310 g/mol. The van der Waals surface area contributed by atoms with Crippen LogP contribution in [0.15, 0.2) is 45.0 Å². The lowest BCUT2D eigenvalue weighted by Gasteiger charge is -2.08. The Kier molecular flexibility index (Phi) is 3.27. The van der Waals surface area contributed by atoms with Crippen molar-refractivity contribution in [3.05, 3.63) is 30.3 Å². The van der Waals surface area contributed by atoms with Crippen molar-refractivity contribution >= 4 is 43.5 Å². The molecule has 0 spiro atoms. The van der Waals surface area contributed by atoms with Gasteiger partial charge in [0, 0.05) is 15.7 Å². The van der Waals surface area contributed by atoms with Gasteiger partial charge in [0.1, 0.15) is 0 Å². The van der Waals surface area contributed by atoms with Crippen molar-refractivity contribution in [1.82, 2.24) is 0 Å². The molecule has 0 heterocycles. The summed E-state index contributed by atoms with van der Waals surface area (Å²) in [7, 11) is -8.71. The molecule has 0 fully saturated rings. The molecule has 0 aliphatic carbocycles. The van der Waals surface area contributed by atoms with Crippen LogP contribution in [0.2, 0.25) is 0 Å². The van der Waals surface area contributed by atoms with Crippen molar-refractivity contribution in [2.24, 2.45) is 5.14 Å². The Labute approximate surface area is 115 Å². The van der Waals surface area contributed by atoms with Crippen LogP contribution in [0.3, 0.4) is 0 Å². The summed E-state index contributed by atoms with van der Waals surface area (Å²) in [5, 5.41) is 5.48. The number of hydrogen-bond donors (Lipinski definition) is 2. The average molecular weight is 318 g/mol. The highest BCUT2D eigenvalue weighted by Gasteiger charge is 2.20. The van der Waals surface area contributed by atoms with Crippen molar-refractivity contribution in [1.29, 1.82) is 0 Å². The first-order valence-electron chi connectivity index (χ1n) is 4.85. The van der Waals surface area contributed by atoms with E-state index >= 15 is 0 Å². The van der Waals surface area contributed by atoms with Gasteiger partial charge in [0.05, 0.1) is 9.79 Å². The summed E-state index contributed by atoms with van der Waals surface area (Å²) in [6.07, 6.45) is 0. The molecular formula is C10H8NO5S3. The molecule has 0 bridgehead atoms. The summed E-state index contributed by atoms with van der Waals surface area (Å²) < 4.78 is 54.3. The fraction of sp³-hybridized carbons (Fsp3) is 0. The second kappa shape index (κ2) is 4.39. The highest BCUT2D eigenvalue weighted by Crippen LogP contribution is 2.30.